The molecule has 0 spiro atoms. The minimum atomic E-state index is -0.548. The normalized spacial score (nSPS) is 12.3. The molecule has 0 aliphatic carbocycles. The highest BCUT2D eigenvalue weighted by atomic mass is 16.5. The molecular weight excluding hydrogens is 258 g/mol. The van der Waals surface area contributed by atoms with Crippen LogP contribution >= 0.6 is 0 Å². The largest absolute Gasteiger partial charge is 0.494 e. The van der Waals surface area contributed by atoms with Gasteiger partial charge in [-0.25, -0.2) is 0 Å². The average molecular weight is 283 g/mol. The van der Waals surface area contributed by atoms with E-state index in [-0.39, 0.29) is 6.61 Å². The molecule has 1 rings (SSSR count). The maximum atomic E-state index is 10.0. The summed E-state index contributed by atoms with van der Waals surface area (Å²) in [7, 11) is 0. The predicted octanol–water partition coefficient (Wildman–Crippen LogP) is 1.11. The van der Waals surface area contributed by atoms with E-state index in [1.807, 2.05) is 24.3 Å². The van der Waals surface area contributed by atoms with Crippen LogP contribution in [0.1, 0.15) is 25.0 Å². The molecule has 5 nitrogen and oxygen atoms in total. The van der Waals surface area contributed by atoms with Gasteiger partial charge < -0.3 is 25.0 Å². The van der Waals surface area contributed by atoms with Crippen molar-refractivity contribution >= 4 is 0 Å². The third-order valence-corrected chi connectivity index (χ3v) is 2.73. The van der Waals surface area contributed by atoms with Crippen LogP contribution in [0.4, 0.5) is 0 Å². The second kappa shape index (κ2) is 10.6. The molecule has 0 bridgehead atoms. The fraction of sp³-hybridized carbons (Fsp3) is 0.600. The van der Waals surface area contributed by atoms with Crippen LogP contribution in [0.2, 0.25) is 0 Å². The summed E-state index contributed by atoms with van der Waals surface area (Å²) in [6, 6.07) is 7.50. The Labute approximate surface area is 120 Å². The summed E-state index contributed by atoms with van der Waals surface area (Å²) in [4.78, 5) is 0. The van der Waals surface area contributed by atoms with Gasteiger partial charge in [0.2, 0.25) is 0 Å². The van der Waals surface area contributed by atoms with E-state index in [0.29, 0.717) is 32.9 Å². The molecule has 0 radical (unpaired) electrons. The highest BCUT2D eigenvalue weighted by Gasteiger charge is 2.06. The van der Waals surface area contributed by atoms with Gasteiger partial charge in [-0.15, -0.1) is 0 Å². The molecule has 0 aliphatic heterocycles. The van der Waals surface area contributed by atoms with E-state index in [1.54, 1.807) is 0 Å². The van der Waals surface area contributed by atoms with Crippen LogP contribution in [0.5, 0.6) is 5.75 Å². The number of aliphatic hydroxyl groups excluding tert-OH is 2. The first-order valence-corrected chi connectivity index (χ1v) is 7.08. The maximum absolute atomic E-state index is 10.0. The van der Waals surface area contributed by atoms with Gasteiger partial charge in [-0.1, -0.05) is 19.1 Å². The molecule has 0 amide bonds. The van der Waals surface area contributed by atoms with Gasteiger partial charge in [-0.3, -0.25) is 0 Å². The van der Waals surface area contributed by atoms with Crippen LogP contribution < -0.4 is 10.1 Å². The van der Waals surface area contributed by atoms with Gasteiger partial charge >= 0.3 is 0 Å². The van der Waals surface area contributed by atoms with Crippen molar-refractivity contribution in [2.75, 3.05) is 39.5 Å². The Balaban J connectivity index is 2.23. The van der Waals surface area contributed by atoms with E-state index in [9.17, 15) is 5.11 Å². The van der Waals surface area contributed by atoms with Gasteiger partial charge in [0.1, 0.15) is 5.75 Å². The van der Waals surface area contributed by atoms with Gasteiger partial charge in [0.05, 0.1) is 32.5 Å². The van der Waals surface area contributed by atoms with Gasteiger partial charge in [-0.2, -0.15) is 0 Å². The van der Waals surface area contributed by atoms with Crippen molar-refractivity contribution in [3.63, 3.8) is 0 Å². The second-order valence-corrected chi connectivity index (χ2v) is 4.47. The van der Waals surface area contributed by atoms with Crippen molar-refractivity contribution in [2.24, 2.45) is 0 Å². The molecule has 0 saturated carbocycles. The van der Waals surface area contributed by atoms with Crippen molar-refractivity contribution in [3.05, 3.63) is 29.8 Å². The molecule has 1 aromatic rings. The third-order valence-electron chi connectivity index (χ3n) is 2.73. The minimum Gasteiger partial charge on any atom is -0.494 e. The van der Waals surface area contributed by atoms with Crippen LogP contribution in [0.3, 0.4) is 0 Å². The van der Waals surface area contributed by atoms with Crippen molar-refractivity contribution in [1.82, 2.24) is 5.32 Å². The van der Waals surface area contributed by atoms with Crippen molar-refractivity contribution in [2.45, 2.75) is 19.4 Å². The molecule has 114 valence electrons. The molecule has 5 heteroatoms. The van der Waals surface area contributed by atoms with Crippen LogP contribution in [0.25, 0.3) is 0 Å². The first-order valence-electron chi connectivity index (χ1n) is 7.08. The summed E-state index contributed by atoms with van der Waals surface area (Å²) in [5.41, 5.74) is 0.859. The van der Waals surface area contributed by atoms with Crippen molar-refractivity contribution < 1.29 is 19.7 Å². The smallest absolute Gasteiger partial charge is 0.119 e. The zero-order chi connectivity index (χ0) is 14.6. The second-order valence-electron chi connectivity index (χ2n) is 4.47. The molecule has 1 atom stereocenters. The number of hydrogen-bond acceptors (Lipinski definition) is 5. The topological polar surface area (TPSA) is 71.0 Å². The Bertz CT molecular complexity index is 342. The SMILES string of the molecule is CCCOc1ccc(C(O)CNCCOCCO)cc1. The number of hydrogen-bond donors (Lipinski definition) is 3. The zero-order valence-corrected chi connectivity index (χ0v) is 12.0. The minimum absolute atomic E-state index is 0.0368. The fourth-order valence-electron chi connectivity index (χ4n) is 1.67. The first-order chi connectivity index (χ1) is 9.77. The molecule has 0 heterocycles. The van der Waals surface area contributed by atoms with E-state index < -0.39 is 6.10 Å². The molecule has 20 heavy (non-hydrogen) atoms. The highest BCUT2D eigenvalue weighted by Crippen LogP contribution is 2.17. The molecule has 0 aliphatic rings. The van der Waals surface area contributed by atoms with Gasteiger partial charge in [0.15, 0.2) is 0 Å². The summed E-state index contributed by atoms with van der Waals surface area (Å²) in [6.45, 7) is 4.80. The summed E-state index contributed by atoms with van der Waals surface area (Å²) < 4.78 is 10.6. The molecule has 1 aromatic carbocycles. The Hall–Kier alpha value is -1.14. The average Bonchev–Trinajstić information content (AvgIpc) is 2.49. The number of nitrogens with one attached hydrogen (secondary N) is 1. The van der Waals surface area contributed by atoms with E-state index in [0.717, 1.165) is 17.7 Å². The highest BCUT2D eigenvalue weighted by molar-refractivity contribution is 5.28. The number of aliphatic hydroxyl groups is 2. The molecule has 0 saturated heterocycles. The molecule has 1 unspecified atom stereocenters. The molecule has 3 N–H and O–H groups in total. The zero-order valence-electron chi connectivity index (χ0n) is 12.0. The van der Waals surface area contributed by atoms with Gasteiger partial charge in [-0.05, 0) is 24.1 Å². The number of rotatable bonds is 11. The fourth-order valence-corrected chi connectivity index (χ4v) is 1.67. The summed E-state index contributed by atoms with van der Waals surface area (Å²) in [5.74, 6) is 0.827. The monoisotopic (exact) mass is 283 g/mol. The Kier molecular flexibility index (Phi) is 8.98. The molecular formula is C15H25NO4. The Morgan fingerprint density at radius 3 is 2.55 bits per heavy atom. The third kappa shape index (κ3) is 6.86. The quantitative estimate of drug-likeness (QED) is 0.531. The lowest BCUT2D eigenvalue weighted by Crippen LogP contribution is -2.25. The summed E-state index contributed by atoms with van der Waals surface area (Å²) in [5, 5.41) is 21.7. The maximum Gasteiger partial charge on any atom is 0.119 e. The lowest BCUT2D eigenvalue weighted by atomic mass is 10.1. The van der Waals surface area contributed by atoms with Gasteiger partial charge in [0, 0.05) is 13.1 Å². The van der Waals surface area contributed by atoms with Crippen LogP contribution in [-0.2, 0) is 4.74 Å². The van der Waals surface area contributed by atoms with Crippen LogP contribution in [-0.4, -0.2) is 49.7 Å². The predicted molar refractivity (Wildman–Crippen MR) is 78.0 cm³/mol. The number of ether oxygens (including phenoxy) is 2. The van der Waals surface area contributed by atoms with E-state index in [2.05, 4.69) is 12.2 Å². The standard InChI is InChI=1S/C15H25NO4/c1-2-9-20-14-5-3-13(4-6-14)15(18)12-16-7-10-19-11-8-17/h3-6,15-18H,2,7-12H2,1H3. The lowest BCUT2D eigenvalue weighted by molar-refractivity contribution is 0.0910. The van der Waals surface area contributed by atoms with E-state index in [1.165, 1.54) is 0 Å². The van der Waals surface area contributed by atoms with Crippen LogP contribution in [0, 0.1) is 0 Å². The van der Waals surface area contributed by atoms with E-state index in [4.69, 9.17) is 14.6 Å². The lowest BCUT2D eigenvalue weighted by Gasteiger charge is -2.13. The van der Waals surface area contributed by atoms with E-state index >= 15 is 0 Å². The first kappa shape index (κ1) is 16.9. The molecule has 0 fully saturated rings. The molecule has 0 aromatic heterocycles. The Morgan fingerprint density at radius 1 is 1.15 bits per heavy atom. The van der Waals surface area contributed by atoms with Crippen LogP contribution in [0.15, 0.2) is 24.3 Å². The Morgan fingerprint density at radius 2 is 1.90 bits per heavy atom. The number of benzene rings is 1. The van der Waals surface area contributed by atoms with Gasteiger partial charge in [0.25, 0.3) is 0 Å². The van der Waals surface area contributed by atoms with Crippen molar-refractivity contribution in [1.29, 1.82) is 0 Å². The summed E-state index contributed by atoms with van der Waals surface area (Å²) >= 11 is 0. The summed E-state index contributed by atoms with van der Waals surface area (Å²) in [6.07, 6.45) is 0.431. The van der Waals surface area contributed by atoms with Crippen molar-refractivity contribution in [3.8, 4) is 5.75 Å².